The molecule has 3 nitrogen and oxygen atoms in total. The lowest BCUT2D eigenvalue weighted by Gasteiger charge is -2.09. The third-order valence-electron chi connectivity index (χ3n) is 3.95. The SMILES string of the molecule is CCCCc1cc(=O)oc2cc(OCc3ccccc3Cl)ccc12. The number of aryl methyl sites for hydroxylation is 1. The molecule has 0 unspecified atom stereocenters. The van der Waals surface area contributed by atoms with Crippen LogP contribution >= 0.6 is 11.6 Å². The second-order valence-electron chi connectivity index (χ2n) is 5.73. The first-order chi connectivity index (χ1) is 11.7. The molecule has 24 heavy (non-hydrogen) atoms. The lowest BCUT2D eigenvalue weighted by molar-refractivity contribution is 0.306. The predicted molar refractivity (Wildman–Crippen MR) is 96.9 cm³/mol. The van der Waals surface area contributed by atoms with Crippen molar-refractivity contribution in [3.05, 3.63) is 75.1 Å². The van der Waals surface area contributed by atoms with Crippen molar-refractivity contribution in [2.45, 2.75) is 32.8 Å². The minimum absolute atomic E-state index is 0.322. The van der Waals surface area contributed by atoms with Crippen LogP contribution in [0.25, 0.3) is 11.0 Å². The third-order valence-corrected chi connectivity index (χ3v) is 4.32. The number of fused-ring (bicyclic) bond motifs is 1. The van der Waals surface area contributed by atoms with Gasteiger partial charge in [-0.05, 0) is 36.6 Å². The predicted octanol–water partition coefficient (Wildman–Crippen LogP) is 5.37. The molecule has 0 atom stereocenters. The fourth-order valence-corrected chi connectivity index (χ4v) is 2.84. The van der Waals surface area contributed by atoms with Gasteiger partial charge < -0.3 is 9.15 Å². The maximum absolute atomic E-state index is 11.8. The molecule has 0 spiro atoms. The zero-order chi connectivity index (χ0) is 16.9. The van der Waals surface area contributed by atoms with E-state index in [4.69, 9.17) is 20.8 Å². The van der Waals surface area contributed by atoms with Crippen LogP contribution in [0.5, 0.6) is 5.75 Å². The second-order valence-corrected chi connectivity index (χ2v) is 6.14. The first kappa shape index (κ1) is 16.6. The van der Waals surface area contributed by atoms with Crippen molar-refractivity contribution in [2.75, 3.05) is 0 Å². The van der Waals surface area contributed by atoms with E-state index in [9.17, 15) is 4.79 Å². The van der Waals surface area contributed by atoms with Crippen LogP contribution in [0, 0.1) is 0 Å². The summed E-state index contributed by atoms with van der Waals surface area (Å²) in [4.78, 5) is 11.8. The van der Waals surface area contributed by atoms with E-state index >= 15 is 0 Å². The van der Waals surface area contributed by atoms with Crippen LogP contribution in [0.15, 0.2) is 57.7 Å². The van der Waals surface area contributed by atoms with Gasteiger partial charge in [0.05, 0.1) is 0 Å². The molecule has 0 amide bonds. The van der Waals surface area contributed by atoms with Crippen molar-refractivity contribution < 1.29 is 9.15 Å². The molecule has 3 rings (SSSR count). The number of unbranched alkanes of at least 4 members (excludes halogenated alkanes) is 1. The van der Waals surface area contributed by atoms with Crippen molar-refractivity contribution in [3.63, 3.8) is 0 Å². The Hall–Kier alpha value is -2.26. The van der Waals surface area contributed by atoms with Crippen molar-refractivity contribution >= 4 is 22.6 Å². The molecule has 0 N–H and O–H groups in total. The van der Waals surface area contributed by atoms with Gasteiger partial charge in [0.1, 0.15) is 17.9 Å². The Bertz CT molecular complexity index is 899. The fraction of sp³-hybridized carbons (Fsp3) is 0.250. The molecule has 4 heteroatoms. The molecule has 0 saturated heterocycles. The Morgan fingerprint density at radius 3 is 2.71 bits per heavy atom. The normalized spacial score (nSPS) is 10.9. The van der Waals surface area contributed by atoms with Gasteiger partial charge >= 0.3 is 5.63 Å². The summed E-state index contributed by atoms with van der Waals surface area (Å²) >= 11 is 6.14. The maximum atomic E-state index is 11.8. The standard InChI is InChI=1S/C20H19ClO3/c1-2-3-6-14-11-20(22)24-19-12-16(9-10-17(14)19)23-13-15-7-4-5-8-18(15)21/h4-5,7-12H,2-3,6,13H2,1H3. The summed E-state index contributed by atoms with van der Waals surface area (Å²) in [5, 5.41) is 1.64. The summed E-state index contributed by atoms with van der Waals surface area (Å²) in [6.45, 7) is 2.50. The Morgan fingerprint density at radius 2 is 1.92 bits per heavy atom. The number of benzene rings is 2. The lowest BCUT2D eigenvalue weighted by atomic mass is 10.0. The van der Waals surface area contributed by atoms with E-state index in [0.717, 1.165) is 35.8 Å². The van der Waals surface area contributed by atoms with Gasteiger partial charge in [-0.1, -0.05) is 43.1 Å². The van der Waals surface area contributed by atoms with Crippen molar-refractivity contribution in [1.82, 2.24) is 0 Å². The van der Waals surface area contributed by atoms with Gasteiger partial charge in [-0.2, -0.15) is 0 Å². The molecule has 124 valence electrons. The Morgan fingerprint density at radius 1 is 1.08 bits per heavy atom. The topological polar surface area (TPSA) is 39.4 Å². The van der Waals surface area contributed by atoms with Crippen molar-refractivity contribution in [2.24, 2.45) is 0 Å². The number of ether oxygens (including phenoxy) is 1. The zero-order valence-corrected chi connectivity index (χ0v) is 14.3. The highest BCUT2D eigenvalue weighted by Crippen LogP contribution is 2.25. The Kier molecular flexibility index (Phi) is 5.21. The van der Waals surface area contributed by atoms with Crippen molar-refractivity contribution in [3.8, 4) is 5.75 Å². The number of hydrogen-bond acceptors (Lipinski definition) is 3. The van der Waals surface area contributed by atoms with Gasteiger partial charge in [-0.3, -0.25) is 0 Å². The van der Waals surface area contributed by atoms with Crippen LogP contribution in [0.3, 0.4) is 0 Å². The summed E-state index contributed by atoms with van der Waals surface area (Å²) in [6, 6.07) is 14.8. The molecular weight excluding hydrogens is 324 g/mol. The van der Waals surface area contributed by atoms with Crippen LogP contribution < -0.4 is 10.4 Å². The summed E-state index contributed by atoms with van der Waals surface area (Å²) in [7, 11) is 0. The Labute approximate surface area is 145 Å². The first-order valence-corrected chi connectivity index (χ1v) is 8.48. The van der Waals surface area contributed by atoms with E-state index in [1.165, 1.54) is 0 Å². The van der Waals surface area contributed by atoms with E-state index in [0.29, 0.717) is 23.0 Å². The molecule has 0 saturated carbocycles. The van der Waals surface area contributed by atoms with Crippen LogP contribution in [0.4, 0.5) is 0 Å². The maximum Gasteiger partial charge on any atom is 0.336 e. The number of rotatable bonds is 6. The molecule has 0 aliphatic carbocycles. The van der Waals surface area contributed by atoms with Gasteiger partial charge in [-0.15, -0.1) is 0 Å². The van der Waals surface area contributed by atoms with E-state index in [1.807, 2.05) is 36.4 Å². The molecule has 2 aromatic carbocycles. The average molecular weight is 343 g/mol. The van der Waals surface area contributed by atoms with Crippen LogP contribution in [-0.4, -0.2) is 0 Å². The van der Waals surface area contributed by atoms with E-state index in [-0.39, 0.29) is 5.63 Å². The minimum atomic E-state index is -0.322. The van der Waals surface area contributed by atoms with Crippen LogP contribution in [-0.2, 0) is 13.0 Å². The largest absolute Gasteiger partial charge is 0.489 e. The van der Waals surface area contributed by atoms with Crippen molar-refractivity contribution in [1.29, 1.82) is 0 Å². The fourth-order valence-electron chi connectivity index (χ4n) is 2.65. The monoisotopic (exact) mass is 342 g/mol. The quantitative estimate of drug-likeness (QED) is 0.565. The molecule has 0 aliphatic heterocycles. The van der Waals surface area contributed by atoms with Crippen LogP contribution in [0.2, 0.25) is 5.02 Å². The zero-order valence-electron chi connectivity index (χ0n) is 13.5. The highest BCUT2D eigenvalue weighted by molar-refractivity contribution is 6.31. The second kappa shape index (κ2) is 7.54. The number of halogens is 1. The summed E-state index contributed by atoms with van der Waals surface area (Å²) in [5.41, 5.74) is 2.18. The van der Waals surface area contributed by atoms with Gasteiger partial charge in [0.25, 0.3) is 0 Å². The molecule has 0 fully saturated rings. The molecule has 1 aromatic heterocycles. The highest BCUT2D eigenvalue weighted by atomic mass is 35.5. The number of hydrogen-bond donors (Lipinski definition) is 0. The lowest BCUT2D eigenvalue weighted by Crippen LogP contribution is -2.01. The molecular formula is C20H19ClO3. The van der Waals surface area contributed by atoms with E-state index < -0.39 is 0 Å². The summed E-state index contributed by atoms with van der Waals surface area (Å²) in [6.07, 6.45) is 3.00. The van der Waals surface area contributed by atoms with E-state index in [1.54, 1.807) is 12.1 Å². The molecule has 0 bridgehead atoms. The molecule has 0 aliphatic rings. The van der Waals surface area contributed by atoms with Gasteiger partial charge in [0, 0.05) is 28.1 Å². The molecule has 0 radical (unpaired) electrons. The first-order valence-electron chi connectivity index (χ1n) is 8.10. The molecule has 3 aromatic rings. The third kappa shape index (κ3) is 3.80. The van der Waals surface area contributed by atoms with Gasteiger partial charge in [0.2, 0.25) is 0 Å². The smallest absolute Gasteiger partial charge is 0.336 e. The van der Waals surface area contributed by atoms with E-state index in [2.05, 4.69) is 6.92 Å². The van der Waals surface area contributed by atoms with Gasteiger partial charge in [-0.25, -0.2) is 4.79 Å². The summed E-state index contributed by atoms with van der Waals surface area (Å²) < 4.78 is 11.1. The van der Waals surface area contributed by atoms with Gasteiger partial charge in [0.15, 0.2) is 0 Å². The Balaban J connectivity index is 1.86. The average Bonchev–Trinajstić information content (AvgIpc) is 2.58. The molecule has 1 heterocycles. The summed E-state index contributed by atoms with van der Waals surface area (Å²) in [5.74, 6) is 0.651. The minimum Gasteiger partial charge on any atom is -0.489 e. The van der Waals surface area contributed by atoms with Crippen LogP contribution in [0.1, 0.15) is 30.9 Å². The highest BCUT2D eigenvalue weighted by Gasteiger charge is 2.08.